The van der Waals surface area contributed by atoms with Crippen molar-refractivity contribution in [2.75, 3.05) is 13.2 Å². The van der Waals surface area contributed by atoms with Gasteiger partial charge in [-0.25, -0.2) is 0 Å². The van der Waals surface area contributed by atoms with E-state index in [0.717, 1.165) is 12.0 Å². The minimum absolute atomic E-state index is 0.0220. The molecule has 3 nitrogen and oxygen atoms in total. The standard InChI is InChI=1S/C13H20Cl2N2O/c1-2-10(5-6-18)17-13(8-16)11-4-3-9(14)7-12(11)15/h3-4,7,10,13,17-18H,2,5-6,8,16H2,1H3. The fourth-order valence-electron chi connectivity index (χ4n) is 1.91. The van der Waals surface area contributed by atoms with Crippen LogP contribution >= 0.6 is 23.2 Å². The minimum atomic E-state index is -0.0220. The third-order valence-corrected chi connectivity index (χ3v) is 3.54. The predicted molar refractivity (Wildman–Crippen MR) is 77.2 cm³/mol. The van der Waals surface area contributed by atoms with E-state index in [2.05, 4.69) is 12.2 Å². The van der Waals surface area contributed by atoms with E-state index in [1.807, 2.05) is 6.07 Å². The van der Waals surface area contributed by atoms with E-state index in [0.29, 0.717) is 23.0 Å². The monoisotopic (exact) mass is 290 g/mol. The molecule has 0 saturated carbocycles. The van der Waals surface area contributed by atoms with Crippen LogP contribution in [0.1, 0.15) is 31.4 Å². The normalized spacial score (nSPS) is 14.5. The van der Waals surface area contributed by atoms with Crippen LogP contribution in [0.15, 0.2) is 18.2 Å². The van der Waals surface area contributed by atoms with Gasteiger partial charge < -0.3 is 16.2 Å². The zero-order valence-electron chi connectivity index (χ0n) is 10.5. The topological polar surface area (TPSA) is 58.3 Å². The van der Waals surface area contributed by atoms with Crippen molar-refractivity contribution >= 4 is 23.2 Å². The van der Waals surface area contributed by atoms with Gasteiger partial charge in [0.15, 0.2) is 0 Å². The van der Waals surface area contributed by atoms with Crippen LogP contribution in [0.5, 0.6) is 0 Å². The van der Waals surface area contributed by atoms with Gasteiger partial charge in [-0.2, -0.15) is 0 Å². The first-order chi connectivity index (χ1) is 8.62. The Bertz CT molecular complexity index is 374. The number of rotatable bonds is 7. The van der Waals surface area contributed by atoms with Gasteiger partial charge in [-0.15, -0.1) is 0 Å². The maximum absolute atomic E-state index is 9.00. The molecule has 0 radical (unpaired) electrons. The summed E-state index contributed by atoms with van der Waals surface area (Å²) >= 11 is 12.1. The van der Waals surface area contributed by atoms with Crippen LogP contribution in [0.4, 0.5) is 0 Å². The Kier molecular flexibility index (Phi) is 6.97. The van der Waals surface area contributed by atoms with Crippen molar-refractivity contribution in [3.8, 4) is 0 Å². The predicted octanol–water partition coefficient (Wildman–Crippen LogP) is 2.74. The van der Waals surface area contributed by atoms with Crippen LogP contribution in [0.2, 0.25) is 10.0 Å². The van der Waals surface area contributed by atoms with E-state index in [1.54, 1.807) is 12.1 Å². The summed E-state index contributed by atoms with van der Waals surface area (Å²) in [6.45, 7) is 2.69. The molecule has 0 bridgehead atoms. The number of hydrogen-bond donors (Lipinski definition) is 3. The molecule has 0 spiro atoms. The molecule has 1 rings (SSSR count). The van der Waals surface area contributed by atoms with Crippen LogP contribution in [0.3, 0.4) is 0 Å². The average molecular weight is 291 g/mol. The number of aliphatic hydroxyl groups excluding tert-OH is 1. The van der Waals surface area contributed by atoms with Crippen molar-refractivity contribution in [2.45, 2.75) is 31.8 Å². The first kappa shape index (κ1) is 15.7. The van der Waals surface area contributed by atoms with Crippen molar-refractivity contribution in [3.05, 3.63) is 33.8 Å². The lowest BCUT2D eigenvalue weighted by Gasteiger charge is -2.24. The fourth-order valence-corrected chi connectivity index (χ4v) is 2.45. The molecule has 0 heterocycles. The molecule has 2 atom stereocenters. The Morgan fingerprint density at radius 2 is 2.11 bits per heavy atom. The molecule has 18 heavy (non-hydrogen) atoms. The first-order valence-electron chi connectivity index (χ1n) is 6.14. The molecule has 102 valence electrons. The average Bonchev–Trinajstić information content (AvgIpc) is 2.35. The van der Waals surface area contributed by atoms with Gasteiger partial charge in [-0.3, -0.25) is 0 Å². The number of halogens is 2. The van der Waals surface area contributed by atoms with Crippen LogP contribution in [-0.2, 0) is 0 Å². The van der Waals surface area contributed by atoms with Crippen LogP contribution < -0.4 is 11.1 Å². The summed E-state index contributed by atoms with van der Waals surface area (Å²) in [5, 5.41) is 13.6. The Labute approximate surface area is 118 Å². The SMILES string of the molecule is CCC(CCO)NC(CN)c1ccc(Cl)cc1Cl. The third kappa shape index (κ3) is 4.41. The lowest BCUT2D eigenvalue weighted by atomic mass is 10.0. The van der Waals surface area contributed by atoms with Gasteiger partial charge in [-0.1, -0.05) is 36.2 Å². The molecule has 0 saturated heterocycles. The molecule has 1 aromatic carbocycles. The van der Waals surface area contributed by atoms with Gasteiger partial charge in [0.1, 0.15) is 0 Å². The Balaban J connectivity index is 2.81. The van der Waals surface area contributed by atoms with E-state index in [9.17, 15) is 0 Å². The van der Waals surface area contributed by atoms with Crippen LogP contribution in [-0.4, -0.2) is 24.3 Å². The van der Waals surface area contributed by atoms with Crippen LogP contribution in [0, 0.1) is 0 Å². The summed E-state index contributed by atoms with van der Waals surface area (Å²) < 4.78 is 0. The second kappa shape index (κ2) is 7.97. The molecule has 4 N–H and O–H groups in total. The van der Waals surface area contributed by atoms with Gasteiger partial charge in [-0.05, 0) is 30.5 Å². The highest BCUT2D eigenvalue weighted by Crippen LogP contribution is 2.26. The largest absolute Gasteiger partial charge is 0.396 e. The van der Waals surface area contributed by atoms with Crippen molar-refractivity contribution in [1.82, 2.24) is 5.32 Å². The summed E-state index contributed by atoms with van der Waals surface area (Å²) in [6, 6.07) is 5.62. The van der Waals surface area contributed by atoms with Crippen LogP contribution in [0.25, 0.3) is 0 Å². The molecule has 0 amide bonds. The summed E-state index contributed by atoms with van der Waals surface area (Å²) in [4.78, 5) is 0. The molecule has 0 aliphatic heterocycles. The summed E-state index contributed by atoms with van der Waals surface area (Å²) in [6.07, 6.45) is 1.64. The second-order valence-corrected chi connectivity index (χ2v) is 5.08. The molecule has 2 unspecified atom stereocenters. The molecule has 0 aliphatic carbocycles. The Morgan fingerprint density at radius 3 is 2.61 bits per heavy atom. The van der Waals surface area contributed by atoms with Crippen molar-refractivity contribution in [3.63, 3.8) is 0 Å². The highest BCUT2D eigenvalue weighted by Gasteiger charge is 2.17. The summed E-state index contributed by atoms with van der Waals surface area (Å²) in [7, 11) is 0. The lowest BCUT2D eigenvalue weighted by molar-refractivity contribution is 0.256. The van der Waals surface area contributed by atoms with E-state index >= 15 is 0 Å². The zero-order valence-corrected chi connectivity index (χ0v) is 12.0. The molecule has 5 heteroatoms. The van der Waals surface area contributed by atoms with E-state index in [4.69, 9.17) is 34.0 Å². The highest BCUT2D eigenvalue weighted by molar-refractivity contribution is 6.35. The molecule has 0 fully saturated rings. The van der Waals surface area contributed by atoms with Gasteiger partial charge in [0, 0.05) is 35.3 Å². The molecule has 0 aromatic heterocycles. The van der Waals surface area contributed by atoms with E-state index in [-0.39, 0.29) is 18.7 Å². The maximum atomic E-state index is 9.00. The minimum Gasteiger partial charge on any atom is -0.396 e. The summed E-state index contributed by atoms with van der Waals surface area (Å²) in [5.74, 6) is 0. The lowest BCUT2D eigenvalue weighted by Crippen LogP contribution is -2.37. The van der Waals surface area contributed by atoms with Gasteiger partial charge >= 0.3 is 0 Å². The maximum Gasteiger partial charge on any atom is 0.0469 e. The number of hydrogen-bond acceptors (Lipinski definition) is 3. The van der Waals surface area contributed by atoms with Crippen molar-refractivity contribution < 1.29 is 5.11 Å². The number of nitrogens with one attached hydrogen (secondary N) is 1. The molecular weight excluding hydrogens is 271 g/mol. The van der Waals surface area contributed by atoms with E-state index < -0.39 is 0 Å². The molecular formula is C13H20Cl2N2O. The summed E-state index contributed by atoms with van der Waals surface area (Å²) in [5.41, 5.74) is 6.74. The van der Waals surface area contributed by atoms with Gasteiger partial charge in [0.2, 0.25) is 0 Å². The van der Waals surface area contributed by atoms with Crippen molar-refractivity contribution in [2.24, 2.45) is 5.73 Å². The smallest absolute Gasteiger partial charge is 0.0469 e. The Hall–Kier alpha value is -0.320. The van der Waals surface area contributed by atoms with Gasteiger partial charge in [0.05, 0.1) is 0 Å². The number of aliphatic hydroxyl groups is 1. The zero-order chi connectivity index (χ0) is 13.5. The fraction of sp³-hybridized carbons (Fsp3) is 0.538. The number of benzene rings is 1. The quantitative estimate of drug-likeness (QED) is 0.724. The van der Waals surface area contributed by atoms with Crippen molar-refractivity contribution in [1.29, 1.82) is 0 Å². The number of nitrogens with two attached hydrogens (primary N) is 1. The first-order valence-corrected chi connectivity index (χ1v) is 6.89. The Morgan fingerprint density at radius 1 is 1.39 bits per heavy atom. The van der Waals surface area contributed by atoms with E-state index in [1.165, 1.54) is 0 Å². The molecule has 0 aliphatic rings. The highest BCUT2D eigenvalue weighted by atomic mass is 35.5. The second-order valence-electron chi connectivity index (χ2n) is 4.24. The molecule has 1 aromatic rings. The third-order valence-electron chi connectivity index (χ3n) is 2.98. The van der Waals surface area contributed by atoms with Gasteiger partial charge in [0.25, 0.3) is 0 Å².